The maximum atomic E-state index is 12.0. The molecule has 0 N–H and O–H groups in total. The van der Waals surface area contributed by atoms with E-state index in [9.17, 15) is 4.79 Å². The molecule has 2 aromatic rings. The maximum Gasteiger partial charge on any atom is 0.338 e. The van der Waals surface area contributed by atoms with Crippen molar-refractivity contribution in [2.75, 3.05) is 33.5 Å². The van der Waals surface area contributed by atoms with Crippen molar-refractivity contribution in [3.63, 3.8) is 0 Å². The first-order chi connectivity index (χ1) is 11.8. The summed E-state index contributed by atoms with van der Waals surface area (Å²) >= 11 is 0. The minimum atomic E-state index is -0.426. The molecule has 126 valence electrons. The Labute approximate surface area is 139 Å². The van der Waals surface area contributed by atoms with Crippen LogP contribution < -0.4 is 18.9 Å². The van der Waals surface area contributed by atoms with Gasteiger partial charge >= 0.3 is 5.97 Å². The van der Waals surface area contributed by atoms with Crippen molar-refractivity contribution >= 4 is 5.97 Å². The zero-order valence-electron chi connectivity index (χ0n) is 13.3. The summed E-state index contributed by atoms with van der Waals surface area (Å²) in [6, 6.07) is 12.2. The molecule has 0 amide bonds. The molecule has 24 heavy (non-hydrogen) atoms. The van der Waals surface area contributed by atoms with Crippen molar-refractivity contribution < 1.29 is 28.5 Å². The molecule has 0 unspecified atom stereocenters. The molecule has 3 rings (SSSR count). The molecule has 6 heteroatoms. The lowest BCUT2D eigenvalue weighted by molar-refractivity contribution is 0.0449. The van der Waals surface area contributed by atoms with Crippen LogP contribution in [0.15, 0.2) is 42.5 Å². The van der Waals surface area contributed by atoms with Crippen LogP contribution in [0.4, 0.5) is 0 Å². The third-order valence-electron chi connectivity index (χ3n) is 3.42. The predicted molar refractivity (Wildman–Crippen MR) is 86.2 cm³/mol. The number of rotatable bonds is 6. The first kappa shape index (κ1) is 16.0. The molecule has 2 aromatic carbocycles. The second-order valence-electron chi connectivity index (χ2n) is 5.02. The Kier molecular flexibility index (Phi) is 5.05. The van der Waals surface area contributed by atoms with Gasteiger partial charge in [-0.05, 0) is 42.5 Å². The van der Waals surface area contributed by atoms with Gasteiger partial charge in [-0.1, -0.05) is 0 Å². The van der Waals surface area contributed by atoms with Gasteiger partial charge < -0.3 is 23.7 Å². The fourth-order valence-electron chi connectivity index (χ4n) is 2.22. The third-order valence-corrected chi connectivity index (χ3v) is 3.42. The average Bonchev–Trinajstić information content (AvgIpc) is 2.65. The number of fused-ring (bicyclic) bond motifs is 1. The van der Waals surface area contributed by atoms with Crippen molar-refractivity contribution in [2.45, 2.75) is 0 Å². The van der Waals surface area contributed by atoms with Crippen LogP contribution in [0, 0.1) is 0 Å². The van der Waals surface area contributed by atoms with Crippen LogP contribution in [0.2, 0.25) is 0 Å². The molecule has 0 saturated heterocycles. The first-order valence-corrected chi connectivity index (χ1v) is 7.60. The van der Waals surface area contributed by atoms with Crippen molar-refractivity contribution in [1.82, 2.24) is 0 Å². The highest BCUT2D eigenvalue weighted by Crippen LogP contribution is 2.30. The van der Waals surface area contributed by atoms with E-state index in [1.165, 1.54) is 0 Å². The van der Waals surface area contributed by atoms with E-state index >= 15 is 0 Å². The Morgan fingerprint density at radius 3 is 2.42 bits per heavy atom. The van der Waals surface area contributed by atoms with Gasteiger partial charge in [-0.15, -0.1) is 0 Å². The van der Waals surface area contributed by atoms with Crippen LogP contribution in [-0.4, -0.2) is 39.5 Å². The van der Waals surface area contributed by atoms with Crippen LogP contribution in [0.5, 0.6) is 23.0 Å². The minimum Gasteiger partial charge on any atom is -0.497 e. The largest absolute Gasteiger partial charge is 0.497 e. The Balaban J connectivity index is 1.47. The third kappa shape index (κ3) is 3.90. The summed E-state index contributed by atoms with van der Waals surface area (Å²) in [5, 5.41) is 0. The number of benzene rings is 2. The van der Waals surface area contributed by atoms with Crippen molar-refractivity contribution in [3.8, 4) is 23.0 Å². The second-order valence-corrected chi connectivity index (χ2v) is 5.02. The quantitative estimate of drug-likeness (QED) is 0.599. The highest BCUT2D eigenvalue weighted by atomic mass is 16.6. The van der Waals surface area contributed by atoms with Crippen LogP contribution in [0.1, 0.15) is 10.4 Å². The molecule has 0 aromatic heterocycles. The highest BCUT2D eigenvalue weighted by Gasteiger charge is 2.15. The Bertz CT molecular complexity index is 695. The Hall–Kier alpha value is -2.89. The van der Waals surface area contributed by atoms with Gasteiger partial charge in [-0.25, -0.2) is 4.79 Å². The van der Waals surface area contributed by atoms with Crippen molar-refractivity contribution in [2.24, 2.45) is 0 Å². The van der Waals surface area contributed by atoms with Gasteiger partial charge in [0.2, 0.25) is 0 Å². The lowest BCUT2D eigenvalue weighted by Crippen LogP contribution is -2.16. The average molecular weight is 330 g/mol. The normalized spacial score (nSPS) is 12.4. The Morgan fingerprint density at radius 2 is 1.67 bits per heavy atom. The predicted octanol–water partition coefficient (Wildman–Crippen LogP) is 2.70. The number of carbonyl (C=O) groups excluding carboxylic acids is 1. The van der Waals surface area contributed by atoms with Crippen molar-refractivity contribution in [3.05, 3.63) is 48.0 Å². The van der Waals surface area contributed by atoms with E-state index in [1.807, 2.05) is 0 Å². The Morgan fingerprint density at radius 1 is 0.958 bits per heavy atom. The van der Waals surface area contributed by atoms with Gasteiger partial charge in [0.05, 0.1) is 12.7 Å². The SMILES string of the molecule is COc1ccc(OCCOC(=O)c2ccc3c(c2)OCCO3)cc1. The smallest absolute Gasteiger partial charge is 0.338 e. The number of methoxy groups -OCH3 is 1. The molecule has 0 spiro atoms. The molecular formula is C18H18O6. The van der Waals surface area contributed by atoms with Crippen LogP contribution in [-0.2, 0) is 4.74 Å². The monoisotopic (exact) mass is 330 g/mol. The standard InChI is InChI=1S/C18H18O6/c1-20-14-3-5-15(6-4-14)21-8-11-24-18(19)13-2-7-16-17(12-13)23-10-9-22-16/h2-7,12H,8-11H2,1H3. The second kappa shape index (κ2) is 7.59. The summed E-state index contributed by atoms with van der Waals surface area (Å²) in [6.45, 7) is 1.41. The van der Waals surface area contributed by atoms with Gasteiger partial charge in [0.15, 0.2) is 11.5 Å². The fraction of sp³-hybridized carbons (Fsp3) is 0.278. The molecule has 6 nitrogen and oxygen atoms in total. The summed E-state index contributed by atoms with van der Waals surface area (Å²) in [4.78, 5) is 12.0. The zero-order valence-corrected chi connectivity index (χ0v) is 13.3. The van der Waals surface area contributed by atoms with Crippen LogP contribution in [0.25, 0.3) is 0 Å². The number of carbonyl (C=O) groups is 1. The summed E-state index contributed by atoms with van der Waals surface area (Å²) < 4.78 is 26.6. The van der Waals surface area contributed by atoms with Crippen molar-refractivity contribution in [1.29, 1.82) is 0 Å². The maximum absolute atomic E-state index is 12.0. The van der Waals surface area contributed by atoms with Gasteiger partial charge in [0.25, 0.3) is 0 Å². The molecule has 0 atom stereocenters. The van der Waals surface area contributed by atoms with Gasteiger partial charge in [0, 0.05) is 0 Å². The summed E-state index contributed by atoms with van der Waals surface area (Å²) in [5.74, 6) is 2.22. The number of esters is 1. The van der Waals surface area contributed by atoms with Gasteiger partial charge in [-0.2, -0.15) is 0 Å². The summed E-state index contributed by atoms with van der Waals surface area (Å²) in [5.41, 5.74) is 0.420. The lowest BCUT2D eigenvalue weighted by Gasteiger charge is -2.18. The van der Waals surface area contributed by atoms with E-state index in [-0.39, 0.29) is 13.2 Å². The zero-order chi connectivity index (χ0) is 16.8. The first-order valence-electron chi connectivity index (χ1n) is 7.60. The molecule has 0 fully saturated rings. The molecule has 1 aliphatic heterocycles. The number of hydrogen-bond donors (Lipinski definition) is 0. The van der Waals surface area contributed by atoms with Crippen LogP contribution >= 0.6 is 0 Å². The molecule has 1 heterocycles. The highest BCUT2D eigenvalue weighted by molar-refractivity contribution is 5.90. The number of hydrogen-bond acceptors (Lipinski definition) is 6. The molecular weight excluding hydrogens is 312 g/mol. The van der Waals surface area contributed by atoms with Gasteiger partial charge in [0.1, 0.15) is 37.9 Å². The van der Waals surface area contributed by atoms with E-state index in [0.717, 1.165) is 5.75 Å². The summed E-state index contributed by atoms with van der Waals surface area (Å²) in [6.07, 6.45) is 0. The van der Waals surface area contributed by atoms with E-state index < -0.39 is 5.97 Å². The summed E-state index contributed by atoms with van der Waals surface area (Å²) in [7, 11) is 1.60. The van der Waals surface area contributed by atoms with E-state index in [0.29, 0.717) is 36.0 Å². The topological polar surface area (TPSA) is 63.2 Å². The number of ether oxygens (including phenoxy) is 5. The fourth-order valence-corrected chi connectivity index (χ4v) is 2.22. The van der Waals surface area contributed by atoms with Gasteiger partial charge in [-0.3, -0.25) is 0 Å². The van der Waals surface area contributed by atoms with E-state index in [1.54, 1.807) is 49.6 Å². The molecule has 0 bridgehead atoms. The van der Waals surface area contributed by atoms with E-state index in [4.69, 9.17) is 23.7 Å². The van der Waals surface area contributed by atoms with E-state index in [2.05, 4.69) is 0 Å². The molecule has 0 saturated carbocycles. The molecule has 0 aliphatic carbocycles. The van der Waals surface area contributed by atoms with Crippen LogP contribution in [0.3, 0.4) is 0 Å². The minimum absolute atomic E-state index is 0.152. The lowest BCUT2D eigenvalue weighted by atomic mass is 10.2. The molecule has 1 aliphatic rings. The molecule has 0 radical (unpaired) electrons.